The molecule has 0 saturated carbocycles. The van der Waals surface area contributed by atoms with Crippen LogP contribution in [-0.2, 0) is 6.18 Å². The fourth-order valence-electron chi connectivity index (χ4n) is 1.29. The van der Waals surface area contributed by atoms with Crippen LogP contribution < -0.4 is 0 Å². The Balaban J connectivity index is 2.70. The largest absolute Gasteiger partial charge is 0.433 e. The summed E-state index contributed by atoms with van der Waals surface area (Å²) in [4.78, 5) is 3.99. The first-order valence-electron chi connectivity index (χ1n) is 4.14. The van der Waals surface area contributed by atoms with E-state index in [4.69, 9.17) is 0 Å². The van der Waals surface area contributed by atoms with Crippen molar-refractivity contribution in [3.8, 4) is 0 Å². The molecule has 0 bridgehead atoms. The summed E-state index contributed by atoms with van der Waals surface area (Å²) in [7, 11) is 0. The maximum atomic E-state index is 12.4. The maximum absolute atomic E-state index is 12.4. The van der Waals surface area contributed by atoms with Crippen LogP contribution in [-0.4, -0.2) is 4.98 Å². The highest BCUT2D eigenvalue weighted by Gasteiger charge is 2.32. The van der Waals surface area contributed by atoms with Crippen molar-refractivity contribution < 1.29 is 13.2 Å². The fraction of sp³-hybridized carbons (Fsp3) is 0.100. The lowest BCUT2D eigenvalue weighted by Crippen LogP contribution is -2.07. The molecule has 5 heteroatoms. The number of aromatic nitrogens is 1. The van der Waals surface area contributed by atoms with Gasteiger partial charge in [0.2, 0.25) is 0 Å². The van der Waals surface area contributed by atoms with E-state index in [2.05, 4.69) is 17.6 Å². The molecule has 0 atom stereocenters. The third kappa shape index (κ3) is 1.92. The Kier molecular flexibility index (Phi) is 2.34. The third-order valence-corrected chi connectivity index (χ3v) is 2.35. The number of alkyl halides is 3. The van der Waals surface area contributed by atoms with E-state index in [1.807, 2.05) is 0 Å². The molecule has 1 aromatic heterocycles. The molecule has 15 heavy (non-hydrogen) atoms. The molecule has 0 unspecified atom stereocenters. The van der Waals surface area contributed by atoms with Gasteiger partial charge in [-0.2, -0.15) is 13.2 Å². The summed E-state index contributed by atoms with van der Waals surface area (Å²) in [6.07, 6.45) is -4.41. The minimum Gasteiger partial charge on any atom is -0.242 e. The number of rotatable bonds is 0. The molecule has 2 aromatic rings. The number of para-hydroxylation sites is 1. The van der Waals surface area contributed by atoms with E-state index in [1.54, 1.807) is 18.2 Å². The highest BCUT2D eigenvalue weighted by molar-refractivity contribution is 7.80. The lowest BCUT2D eigenvalue weighted by atomic mass is 10.2. The van der Waals surface area contributed by atoms with Crippen molar-refractivity contribution in [2.24, 2.45) is 0 Å². The Bertz CT molecular complexity index is 507. The molecule has 0 aliphatic heterocycles. The van der Waals surface area contributed by atoms with E-state index in [0.29, 0.717) is 10.3 Å². The molecule has 2 rings (SSSR count). The van der Waals surface area contributed by atoms with E-state index in [-0.39, 0.29) is 5.52 Å². The summed E-state index contributed by atoms with van der Waals surface area (Å²) >= 11 is 4.06. The first-order valence-corrected chi connectivity index (χ1v) is 4.59. The predicted octanol–water partition coefficient (Wildman–Crippen LogP) is 3.54. The van der Waals surface area contributed by atoms with Crippen molar-refractivity contribution in [3.63, 3.8) is 0 Å². The molecular weight excluding hydrogens is 223 g/mol. The number of hydrogen-bond donors (Lipinski definition) is 1. The van der Waals surface area contributed by atoms with Crippen molar-refractivity contribution >= 4 is 23.5 Å². The predicted molar refractivity (Wildman–Crippen MR) is 54.0 cm³/mol. The Morgan fingerprint density at radius 3 is 2.47 bits per heavy atom. The Hall–Kier alpha value is -1.23. The second kappa shape index (κ2) is 3.41. The zero-order valence-corrected chi connectivity index (χ0v) is 8.31. The minimum atomic E-state index is -4.41. The van der Waals surface area contributed by atoms with Gasteiger partial charge in [-0.05, 0) is 12.1 Å². The summed E-state index contributed by atoms with van der Waals surface area (Å²) in [5.41, 5.74) is -0.618. The molecule has 0 fully saturated rings. The van der Waals surface area contributed by atoms with Crippen molar-refractivity contribution in [2.75, 3.05) is 0 Å². The average molecular weight is 229 g/mol. The quantitative estimate of drug-likeness (QED) is 0.682. The summed E-state index contributed by atoms with van der Waals surface area (Å²) in [5.74, 6) is 0. The number of halogens is 3. The normalized spacial score (nSPS) is 12.0. The molecule has 1 aromatic carbocycles. The third-order valence-electron chi connectivity index (χ3n) is 1.99. The Morgan fingerprint density at radius 1 is 1.07 bits per heavy atom. The van der Waals surface area contributed by atoms with Gasteiger partial charge in [0.15, 0.2) is 0 Å². The number of thiol groups is 1. The van der Waals surface area contributed by atoms with Crippen LogP contribution in [0, 0.1) is 0 Å². The zero-order chi connectivity index (χ0) is 11.1. The van der Waals surface area contributed by atoms with Crippen LogP contribution in [0.4, 0.5) is 13.2 Å². The molecule has 0 amide bonds. The Labute approximate surface area is 89.3 Å². The monoisotopic (exact) mass is 229 g/mol. The van der Waals surface area contributed by atoms with Crippen LogP contribution in [0.5, 0.6) is 0 Å². The number of pyridine rings is 1. The first-order chi connectivity index (χ1) is 6.98. The van der Waals surface area contributed by atoms with Crippen LogP contribution >= 0.6 is 12.6 Å². The van der Waals surface area contributed by atoms with Crippen molar-refractivity contribution in [2.45, 2.75) is 11.1 Å². The van der Waals surface area contributed by atoms with Gasteiger partial charge in [0, 0.05) is 10.3 Å². The molecule has 0 radical (unpaired) electrons. The smallest absolute Gasteiger partial charge is 0.242 e. The number of fused-ring (bicyclic) bond motifs is 1. The van der Waals surface area contributed by atoms with Crippen molar-refractivity contribution in [1.82, 2.24) is 4.98 Å². The molecule has 1 nitrogen and oxygen atoms in total. The van der Waals surface area contributed by atoms with Gasteiger partial charge in [0.1, 0.15) is 5.69 Å². The van der Waals surface area contributed by atoms with Crippen LogP contribution in [0.25, 0.3) is 10.9 Å². The number of benzene rings is 1. The molecule has 0 N–H and O–H groups in total. The van der Waals surface area contributed by atoms with Gasteiger partial charge in [0.25, 0.3) is 0 Å². The van der Waals surface area contributed by atoms with E-state index in [1.165, 1.54) is 6.07 Å². The summed E-state index contributed by atoms with van der Waals surface area (Å²) in [6.45, 7) is 0. The highest BCUT2D eigenvalue weighted by Crippen LogP contribution is 2.30. The number of hydrogen-bond acceptors (Lipinski definition) is 2. The van der Waals surface area contributed by atoms with Gasteiger partial charge in [0.05, 0.1) is 5.52 Å². The molecular formula is C10H6F3NS. The maximum Gasteiger partial charge on any atom is 0.433 e. The van der Waals surface area contributed by atoms with Gasteiger partial charge in [-0.25, -0.2) is 4.98 Å². The van der Waals surface area contributed by atoms with Crippen LogP contribution in [0.1, 0.15) is 5.69 Å². The average Bonchev–Trinajstić information content (AvgIpc) is 2.16. The van der Waals surface area contributed by atoms with E-state index < -0.39 is 11.9 Å². The molecule has 0 saturated heterocycles. The molecule has 1 heterocycles. The van der Waals surface area contributed by atoms with Gasteiger partial charge in [-0.1, -0.05) is 18.2 Å². The Morgan fingerprint density at radius 2 is 1.80 bits per heavy atom. The molecule has 0 spiro atoms. The van der Waals surface area contributed by atoms with E-state index in [9.17, 15) is 13.2 Å². The van der Waals surface area contributed by atoms with Crippen LogP contribution in [0.3, 0.4) is 0 Å². The lowest BCUT2D eigenvalue weighted by molar-refractivity contribution is -0.140. The highest BCUT2D eigenvalue weighted by atomic mass is 32.1. The first kappa shape index (κ1) is 10.3. The zero-order valence-electron chi connectivity index (χ0n) is 7.42. The fourth-order valence-corrected chi connectivity index (χ4v) is 1.55. The summed E-state index contributed by atoms with van der Waals surface area (Å²) < 4.78 is 37.1. The van der Waals surface area contributed by atoms with E-state index >= 15 is 0 Å². The standard InChI is InChI=1S/C10H6F3NS/c11-10(12,13)8-5-4-6-2-1-3-7(15)9(6)14-8/h1-5,15H. The van der Waals surface area contributed by atoms with Gasteiger partial charge in [-0.15, -0.1) is 12.6 Å². The molecule has 0 aliphatic carbocycles. The number of nitrogens with zero attached hydrogens (tertiary/aromatic N) is 1. The van der Waals surface area contributed by atoms with Crippen molar-refractivity contribution in [1.29, 1.82) is 0 Å². The second-order valence-electron chi connectivity index (χ2n) is 3.04. The molecule has 78 valence electrons. The van der Waals surface area contributed by atoms with Crippen LogP contribution in [0.2, 0.25) is 0 Å². The van der Waals surface area contributed by atoms with Gasteiger partial charge in [-0.3, -0.25) is 0 Å². The minimum absolute atomic E-state index is 0.274. The van der Waals surface area contributed by atoms with Gasteiger partial charge < -0.3 is 0 Å². The van der Waals surface area contributed by atoms with E-state index in [0.717, 1.165) is 6.07 Å². The SMILES string of the molecule is FC(F)(F)c1ccc2cccc(S)c2n1. The summed E-state index contributed by atoms with van der Waals surface area (Å²) in [5, 5.41) is 0.649. The second-order valence-corrected chi connectivity index (χ2v) is 3.52. The molecule has 0 aliphatic rings. The summed E-state index contributed by atoms with van der Waals surface area (Å²) in [6, 6.07) is 7.39. The van der Waals surface area contributed by atoms with Gasteiger partial charge >= 0.3 is 6.18 Å². The van der Waals surface area contributed by atoms with Crippen LogP contribution in [0.15, 0.2) is 35.2 Å². The topological polar surface area (TPSA) is 12.9 Å². The van der Waals surface area contributed by atoms with Crippen molar-refractivity contribution in [3.05, 3.63) is 36.0 Å². The lowest BCUT2D eigenvalue weighted by Gasteiger charge is -2.07.